The minimum absolute atomic E-state index is 0.0918. The molecule has 5 heteroatoms. The molecule has 0 bridgehead atoms. The van der Waals surface area contributed by atoms with Crippen LogP contribution in [0.2, 0.25) is 5.02 Å². The Labute approximate surface area is 165 Å². The van der Waals surface area contributed by atoms with Crippen molar-refractivity contribution in [1.29, 1.82) is 0 Å². The smallest absolute Gasteiger partial charge is 0.253 e. The largest absolute Gasteiger partial charge is 0.339 e. The maximum atomic E-state index is 12.7. The molecule has 0 aliphatic heterocycles. The van der Waals surface area contributed by atoms with Gasteiger partial charge in [0.15, 0.2) is 0 Å². The van der Waals surface area contributed by atoms with Gasteiger partial charge in [0.2, 0.25) is 0 Å². The van der Waals surface area contributed by atoms with E-state index in [1.807, 2.05) is 59.5 Å². The SMILES string of the molecule is CCCN(CCC)C(=O)c1ccc(-c2cc(-c3ccc(Cl)cc3)[nH]n2)cc1. The van der Waals surface area contributed by atoms with Crippen molar-refractivity contribution in [1.82, 2.24) is 15.1 Å². The monoisotopic (exact) mass is 381 g/mol. The van der Waals surface area contributed by atoms with Crippen LogP contribution in [0.15, 0.2) is 54.6 Å². The third-order valence-corrected chi connectivity index (χ3v) is 4.69. The number of benzene rings is 2. The van der Waals surface area contributed by atoms with Gasteiger partial charge in [-0.2, -0.15) is 5.10 Å². The summed E-state index contributed by atoms with van der Waals surface area (Å²) in [7, 11) is 0. The zero-order valence-electron chi connectivity index (χ0n) is 15.7. The van der Waals surface area contributed by atoms with Gasteiger partial charge in [-0.25, -0.2) is 0 Å². The summed E-state index contributed by atoms with van der Waals surface area (Å²) in [6.07, 6.45) is 1.93. The molecule has 0 spiro atoms. The Kier molecular flexibility index (Phi) is 6.30. The summed E-state index contributed by atoms with van der Waals surface area (Å²) in [4.78, 5) is 14.6. The lowest BCUT2D eigenvalue weighted by Gasteiger charge is -2.21. The molecule has 4 nitrogen and oxygen atoms in total. The van der Waals surface area contributed by atoms with Crippen molar-refractivity contribution in [3.63, 3.8) is 0 Å². The molecular weight excluding hydrogens is 358 g/mol. The number of nitrogens with one attached hydrogen (secondary N) is 1. The number of rotatable bonds is 7. The van der Waals surface area contributed by atoms with Crippen LogP contribution in [0.1, 0.15) is 37.0 Å². The van der Waals surface area contributed by atoms with E-state index in [2.05, 4.69) is 24.0 Å². The molecule has 1 N–H and O–H groups in total. The Bertz CT molecular complexity index is 879. The predicted octanol–water partition coefficient (Wildman–Crippen LogP) is 5.66. The van der Waals surface area contributed by atoms with Gasteiger partial charge in [0.25, 0.3) is 5.91 Å². The van der Waals surface area contributed by atoms with Gasteiger partial charge in [0.05, 0.1) is 11.4 Å². The first-order chi connectivity index (χ1) is 13.1. The number of hydrogen-bond donors (Lipinski definition) is 1. The maximum Gasteiger partial charge on any atom is 0.253 e. The van der Waals surface area contributed by atoms with Crippen LogP contribution in [0.3, 0.4) is 0 Å². The minimum atomic E-state index is 0.0918. The van der Waals surface area contributed by atoms with E-state index in [1.54, 1.807) is 0 Å². The van der Waals surface area contributed by atoms with Gasteiger partial charge in [-0.3, -0.25) is 9.89 Å². The zero-order valence-corrected chi connectivity index (χ0v) is 16.5. The van der Waals surface area contributed by atoms with Crippen molar-refractivity contribution < 1.29 is 4.79 Å². The first-order valence-electron chi connectivity index (χ1n) is 9.33. The molecule has 1 aromatic heterocycles. The van der Waals surface area contributed by atoms with Crippen molar-refractivity contribution in [2.75, 3.05) is 13.1 Å². The van der Waals surface area contributed by atoms with E-state index in [0.29, 0.717) is 10.6 Å². The molecule has 0 aliphatic carbocycles. The Morgan fingerprint density at radius 2 is 1.56 bits per heavy atom. The van der Waals surface area contributed by atoms with Gasteiger partial charge < -0.3 is 4.90 Å². The van der Waals surface area contributed by atoms with E-state index >= 15 is 0 Å². The number of nitrogens with zero attached hydrogens (tertiary/aromatic N) is 2. The summed E-state index contributed by atoms with van der Waals surface area (Å²) in [5, 5.41) is 8.17. The number of halogens is 1. The quantitative estimate of drug-likeness (QED) is 0.574. The fourth-order valence-electron chi connectivity index (χ4n) is 3.07. The number of amides is 1. The van der Waals surface area contributed by atoms with E-state index in [-0.39, 0.29) is 5.91 Å². The number of aromatic nitrogens is 2. The zero-order chi connectivity index (χ0) is 19.2. The third-order valence-electron chi connectivity index (χ3n) is 4.43. The van der Waals surface area contributed by atoms with Crippen LogP contribution < -0.4 is 0 Å². The molecule has 0 fully saturated rings. The van der Waals surface area contributed by atoms with Gasteiger partial charge in [-0.05, 0) is 48.7 Å². The van der Waals surface area contributed by atoms with Crippen LogP contribution in [-0.2, 0) is 0 Å². The van der Waals surface area contributed by atoms with Crippen LogP contribution in [-0.4, -0.2) is 34.1 Å². The predicted molar refractivity (Wildman–Crippen MR) is 111 cm³/mol. The summed E-state index contributed by atoms with van der Waals surface area (Å²) in [5.41, 5.74) is 4.49. The van der Waals surface area contributed by atoms with Crippen LogP contribution in [0.4, 0.5) is 0 Å². The van der Waals surface area contributed by atoms with E-state index in [0.717, 1.165) is 48.4 Å². The van der Waals surface area contributed by atoms with Gasteiger partial charge in [0, 0.05) is 29.2 Å². The highest BCUT2D eigenvalue weighted by Gasteiger charge is 2.14. The highest BCUT2D eigenvalue weighted by atomic mass is 35.5. The van der Waals surface area contributed by atoms with Crippen LogP contribution in [0, 0.1) is 0 Å². The summed E-state index contributed by atoms with van der Waals surface area (Å²) in [5.74, 6) is 0.0918. The molecule has 1 heterocycles. The van der Waals surface area contributed by atoms with E-state index in [1.165, 1.54) is 0 Å². The summed E-state index contributed by atoms with van der Waals surface area (Å²) in [6, 6.07) is 17.3. The average Bonchev–Trinajstić information content (AvgIpc) is 3.18. The minimum Gasteiger partial charge on any atom is -0.339 e. The normalized spacial score (nSPS) is 10.8. The fraction of sp³-hybridized carbons (Fsp3) is 0.273. The lowest BCUT2D eigenvalue weighted by molar-refractivity contribution is 0.0755. The molecule has 0 radical (unpaired) electrons. The van der Waals surface area contributed by atoms with Crippen molar-refractivity contribution in [2.45, 2.75) is 26.7 Å². The highest BCUT2D eigenvalue weighted by molar-refractivity contribution is 6.30. The third kappa shape index (κ3) is 4.58. The molecule has 0 saturated carbocycles. The second-order valence-corrected chi connectivity index (χ2v) is 6.98. The molecule has 0 saturated heterocycles. The molecule has 2 aromatic carbocycles. The molecule has 140 valence electrons. The Balaban J connectivity index is 1.77. The Morgan fingerprint density at radius 3 is 2.15 bits per heavy atom. The van der Waals surface area contributed by atoms with Crippen LogP contribution in [0.25, 0.3) is 22.5 Å². The number of carbonyl (C=O) groups is 1. The molecular formula is C22H24ClN3O. The topological polar surface area (TPSA) is 49.0 Å². The van der Waals surface area contributed by atoms with Gasteiger partial charge in [0.1, 0.15) is 0 Å². The number of carbonyl (C=O) groups excluding carboxylic acids is 1. The second-order valence-electron chi connectivity index (χ2n) is 6.54. The average molecular weight is 382 g/mol. The lowest BCUT2D eigenvalue weighted by Crippen LogP contribution is -2.32. The molecule has 1 amide bonds. The summed E-state index contributed by atoms with van der Waals surface area (Å²) in [6.45, 7) is 5.76. The van der Waals surface area contributed by atoms with E-state index in [9.17, 15) is 4.79 Å². The first kappa shape index (κ1) is 19.2. The van der Waals surface area contributed by atoms with Crippen molar-refractivity contribution in [2.24, 2.45) is 0 Å². The molecule has 0 unspecified atom stereocenters. The lowest BCUT2D eigenvalue weighted by atomic mass is 10.1. The fourth-order valence-corrected chi connectivity index (χ4v) is 3.19. The standard InChI is InChI=1S/C22H24ClN3O/c1-3-13-26(14-4-2)22(27)18-7-5-16(6-8-18)20-15-21(25-24-20)17-9-11-19(23)12-10-17/h5-12,15H,3-4,13-14H2,1-2H3,(H,24,25). The number of hydrogen-bond acceptors (Lipinski definition) is 2. The van der Waals surface area contributed by atoms with Gasteiger partial charge in [-0.1, -0.05) is 49.7 Å². The molecule has 0 atom stereocenters. The Hall–Kier alpha value is -2.59. The molecule has 3 aromatic rings. The Morgan fingerprint density at radius 1 is 0.963 bits per heavy atom. The van der Waals surface area contributed by atoms with E-state index < -0.39 is 0 Å². The maximum absolute atomic E-state index is 12.7. The van der Waals surface area contributed by atoms with Gasteiger partial charge >= 0.3 is 0 Å². The number of aromatic amines is 1. The summed E-state index contributed by atoms with van der Waals surface area (Å²) < 4.78 is 0. The van der Waals surface area contributed by atoms with Gasteiger partial charge in [-0.15, -0.1) is 0 Å². The summed E-state index contributed by atoms with van der Waals surface area (Å²) >= 11 is 5.95. The molecule has 3 rings (SSSR count). The van der Waals surface area contributed by atoms with Crippen LogP contribution >= 0.6 is 11.6 Å². The molecule has 0 aliphatic rings. The second kappa shape index (κ2) is 8.87. The van der Waals surface area contributed by atoms with Crippen molar-refractivity contribution in [3.8, 4) is 22.5 Å². The van der Waals surface area contributed by atoms with Crippen molar-refractivity contribution >= 4 is 17.5 Å². The van der Waals surface area contributed by atoms with Crippen LogP contribution in [0.5, 0.6) is 0 Å². The molecule has 27 heavy (non-hydrogen) atoms. The first-order valence-corrected chi connectivity index (χ1v) is 9.71. The number of H-pyrrole nitrogens is 1. The van der Waals surface area contributed by atoms with Crippen molar-refractivity contribution in [3.05, 3.63) is 65.2 Å². The highest BCUT2D eigenvalue weighted by Crippen LogP contribution is 2.25. The van der Waals surface area contributed by atoms with E-state index in [4.69, 9.17) is 11.6 Å².